The molecule has 100 valence electrons. The first kappa shape index (κ1) is 14.1. The molecule has 6 heteroatoms. The maximum absolute atomic E-state index is 11.8. The Hall–Kier alpha value is -1.33. The van der Waals surface area contributed by atoms with E-state index in [0.29, 0.717) is 17.9 Å². The summed E-state index contributed by atoms with van der Waals surface area (Å²) >= 11 is 9.21. The molecule has 0 fully saturated rings. The van der Waals surface area contributed by atoms with Crippen molar-refractivity contribution in [2.45, 2.75) is 12.8 Å². The van der Waals surface area contributed by atoms with E-state index in [4.69, 9.17) is 11.6 Å². The molecule has 19 heavy (non-hydrogen) atoms. The van der Waals surface area contributed by atoms with Crippen molar-refractivity contribution in [2.24, 2.45) is 7.05 Å². The number of aromatic nitrogens is 2. The number of carbonyl (C=O) groups excluding carboxylic acids is 1. The van der Waals surface area contributed by atoms with Crippen LogP contribution < -0.4 is 5.32 Å². The maximum Gasteiger partial charge on any atom is 0.224 e. The smallest absolute Gasteiger partial charge is 0.224 e. The molecule has 0 saturated carbocycles. The molecule has 1 aromatic heterocycles. The van der Waals surface area contributed by atoms with E-state index >= 15 is 0 Å². The van der Waals surface area contributed by atoms with E-state index in [1.165, 1.54) is 0 Å². The SMILES string of the molecule is Cn1cc(CCC(=O)Nc2ccc(Cl)c(Br)c2)cn1. The Bertz CT molecular complexity index is 597. The van der Waals surface area contributed by atoms with Gasteiger partial charge in [-0.1, -0.05) is 11.6 Å². The van der Waals surface area contributed by atoms with Crippen LogP contribution >= 0.6 is 27.5 Å². The Morgan fingerprint density at radius 2 is 2.32 bits per heavy atom. The van der Waals surface area contributed by atoms with Crippen molar-refractivity contribution < 1.29 is 4.79 Å². The van der Waals surface area contributed by atoms with E-state index in [2.05, 4.69) is 26.3 Å². The van der Waals surface area contributed by atoms with Gasteiger partial charge in [-0.3, -0.25) is 9.48 Å². The Kier molecular flexibility index (Phi) is 4.61. The van der Waals surface area contributed by atoms with Gasteiger partial charge in [-0.25, -0.2) is 0 Å². The molecule has 4 nitrogen and oxygen atoms in total. The van der Waals surface area contributed by atoms with Crippen molar-refractivity contribution in [3.63, 3.8) is 0 Å². The fraction of sp³-hybridized carbons (Fsp3) is 0.231. The van der Waals surface area contributed by atoms with Crippen LogP contribution in [-0.2, 0) is 18.3 Å². The lowest BCUT2D eigenvalue weighted by molar-refractivity contribution is -0.116. The van der Waals surface area contributed by atoms with Gasteiger partial charge >= 0.3 is 0 Å². The summed E-state index contributed by atoms with van der Waals surface area (Å²) in [4.78, 5) is 11.8. The minimum atomic E-state index is -0.0296. The third-order valence-electron chi connectivity index (χ3n) is 2.60. The number of amides is 1. The van der Waals surface area contributed by atoms with Gasteiger partial charge in [-0.2, -0.15) is 5.10 Å². The highest BCUT2D eigenvalue weighted by Crippen LogP contribution is 2.25. The molecule has 1 heterocycles. The molecule has 0 spiro atoms. The van der Waals surface area contributed by atoms with Gasteiger partial charge in [0.05, 0.1) is 11.2 Å². The molecule has 1 aromatic carbocycles. The van der Waals surface area contributed by atoms with Crippen LogP contribution in [0.15, 0.2) is 35.1 Å². The lowest BCUT2D eigenvalue weighted by Crippen LogP contribution is -2.12. The van der Waals surface area contributed by atoms with Gasteiger partial charge in [0.25, 0.3) is 0 Å². The van der Waals surface area contributed by atoms with Crippen molar-refractivity contribution in [2.75, 3.05) is 5.32 Å². The van der Waals surface area contributed by atoms with E-state index in [-0.39, 0.29) is 5.91 Å². The average molecular weight is 343 g/mol. The zero-order chi connectivity index (χ0) is 13.8. The van der Waals surface area contributed by atoms with Crippen LogP contribution in [0.5, 0.6) is 0 Å². The molecule has 0 aliphatic carbocycles. The van der Waals surface area contributed by atoms with Gasteiger partial charge in [0.2, 0.25) is 5.91 Å². The van der Waals surface area contributed by atoms with Crippen LogP contribution in [0.1, 0.15) is 12.0 Å². The second kappa shape index (κ2) is 6.21. The van der Waals surface area contributed by atoms with Crippen molar-refractivity contribution >= 4 is 39.1 Å². The highest BCUT2D eigenvalue weighted by Gasteiger charge is 2.06. The number of nitrogens with one attached hydrogen (secondary N) is 1. The molecule has 0 unspecified atom stereocenters. The molecule has 0 saturated heterocycles. The van der Waals surface area contributed by atoms with Gasteiger partial charge in [0, 0.05) is 29.8 Å². The second-order valence-electron chi connectivity index (χ2n) is 4.20. The second-order valence-corrected chi connectivity index (χ2v) is 5.46. The fourth-order valence-corrected chi connectivity index (χ4v) is 2.15. The van der Waals surface area contributed by atoms with Gasteiger partial charge in [0.1, 0.15) is 0 Å². The van der Waals surface area contributed by atoms with Gasteiger partial charge in [-0.05, 0) is 46.1 Å². The predicted octanol–water partition coefficient (Wildman–Crippen LogP) is 3.41. The number of hydrogen-bond donors (Lipinski definition) is 1. The van der Waals surface area contributed by atoms with Crippen LogP contribution in [0.4, 0.5) is 5.69 Å². The number of rotatable bonds is 4. The molecule has 0 aliphatic rings. The first-order chi connectivity index (χ1) is 9.04. The van der Waals surface area contributed by atoms with E-state index in [1.807, 2.05) is 13.2 Å². The summed E-state index contributed by atoms with van der Waals surface area (Å²) in [6.07, 6.45) is 4.78. The summed E-state index contributed by atoms with van der Waals surface area (Å²) < 4.78 is 2.49. The number of benzene rings is 1. The van der Waals surface area contributed by atoms with Gasteiger partial charge < -0.3 is 5.32 Å². The summed E-state index contributed by atoms with van der Waals surface area (Å²) in [5.74, 6) is -0.0296. The number of halogens is 2. The molecule has 0 radical (unpaired) electrons. The normalized spacial score (nSPS) is 10.5. The lowest BCUT2D eigenvalue weighted by atomic mass is 10.2. The third kappa shape index (κ3) is 4.08. The third-order valence-corrected chi connectivity index (χ3v) is 3.82. The van der Waals surface area contributed by atoms with Crippen LogP contribution in [-0.4, -0.2) is 15.7 Å². The monoisotopic (exact) mass is 341 g/mol. The minimum absolute atomic E-state index is 0.0296. The van der Waals surface area contributed by atoms with E-state index < -0.39 is 0 Å². The van der Waals surface area contributed by atoms with Crippen LogP contribution in [0, 0.1) is 0 Å². The lowest BCUT2D eigenvalue weighted by Gasteiger charge is -2.05. The quantitative estimate of drug-likeness (QED) is 0.925. The zero-order valence-corrected chi connectivity index (χ0v) is 12.7. The van der Waals surface area contributed by atoms with Gasteiger partial charge in [-0.15, -0.1) is 0 Å². The fourth-order valence-electron chi connectivity index (χ4n) is 1.66. The number of carbonyl (C=O) groups is 1. The molecule has 2 rings (SSSR count). The van der Waals surface area contributed by atoms with E-state index in [1.54, 1.807) is 29.1 Å². The highest BCUT2D eigenvalue weighted by atomic mass is 79.9. The van der Waals surface area contributed by atoms with E-state index in [9.17, 15) is 4.79 Å². The Labute approximate surface area is 124 Å². The maximum atomic E-state index is 11.8. The van der Waals surface area contributed by atoms with Crippen LogP contribution in [0.3, 0.4) is 0 Å². The average Bonchev–Trinajstić information content (AvgIpc) is 2.77. The number of aryl methyl sites for hydroxylation is 2. The van der Waals surface area contributed by atoms with Gasteiger partial charge in [0.15, 0.2) is 0 Å². The summed E-state index contributed by atoms with van der Waals surface area (Å²) in [5, 5.41) is 7.52. The number of anilines is 1. The molecule has 0 aliphatic heterocycles. The Morgan fingerprint density at radius 1 is 1.53 bits per heavy atom. The highest BCUT2D eigenvalue weighted by molar-refractivity contribution is 9.10. The summed E-state index contributed by atoms with van der Waals surface area (Å²) in [6, 6.07) is 5.29. The van der Waals surface area contributed by atoms with E-state index in [0.717, 1.165) is 15.7 Å². The van der Waals surface area contributed by atoms with Crippen molar-refractivity contribution in [3.8, 4) is 0 Å². The molecular formula is C13H13BrClN3O. The largest absolute Gasteiger partial charge is 0.326 e. The molecule has 1 N–H and O–H groups in total. The summed E-state index contributed by atoms with van der Waals surface area (Å²) in [6.45, 7) is 0. The summed E-state index contributed by atoms with van der Waals surface area (Å²) in [7, 11) is 1.86. The zero-order valence-electron chi connectivity index (χ0n) is 10.4. The molecule has 0 bridgehead atoms. The minimum Gasteiger partial charge on any atom is -0.326 e. The summed E-state index contributed by atoms with van der Waals surface area (Å²) in [5.41, 5.74) is 1.78. The Morgan fingerprint density at radius 3 is 2.95 bits per heavy atom. The molecule has 0 atom stereocenters. The van der Waals surface area contributed by atoms with Crippen LogP contribution in [0.2, 0.25) is 5.02 Å². The first-order valence-electron chi connectivity index (χ1n) is 5.77. The molecular weight excluding hydrogens is 330 g/mol. The van der Waals surface area contributed by atoms with Crippen molar-refractivity contribution in [3.05, 3.63) is 45.7 Å². The molecule has 1 amide bonds. The Balaban J connectivity index is 1.88. The van der Waals surface area contributed by atoms with Crippen molar-refractivity contribution in [1.29, 1.82) is 0 Å². The topological polar surface area (TPSA) is 46.9 Å². The molecule has 2 aromatic rings. The number of hydrogen-bond acceptors (Lipinski definition) is 2. The predicted molar refractivity (Wildman–Crippen MR) is 79.3 cm³/mol. The number of nitrogens with zero attached hydrogens (tertiary/aromatic N) is 2. The van der Waals surface area contributed by atoms with Crippen molar-refractivity contribution in [1.82, 2.24) is 9.78 Å². The first-order valence-corrected chi connectivity index (χ1v) is 6.94. The standard InChI is InChI=1S/C13H13BrClN3O/c1-18-8-9(7-16-18)2-5-13(19)17-10-3-4-12(15)11(14)6-10/h3-4,6-8H,2,5H2,1H3,(H,17,19). The van der Waals surface area contributed by atoms with Crippen LogP contribution in [0.25, 0.3) is 0 Å².